The van der Waals surface area contributed by atoms with Crippen molar-refractivity contribution in [3.8, 4) is 17.0 Å². The Bertz CT molecular complexity index is 1110. The van der Waals surface area contributed by atoms with Gasteiger partial charge >= 0.3 is 0 Å². The number of fused-ring (bicyclic) bond motifs is 1. The van der Waals surface area contributed by atoms with Gasteiger partial charge in [-0.15, -0.1) is 0 Å². The number of aryl methyl sites for hydroxylation is 4. The molecule has 0 saturated heterocycles. The maximum Gasteiger partial charge on any atom is 0.231 e. The first kappa shape index (κ1) is 23.7. The monoisotopic (exact) mass is 459 g/mol. The molecule has 0 spiro atoms. The molecule has 174 valence electrons. The van der Waals surface area contributed by atoms with Gasteiger partial charge in [-0.2, -0.15) is 0 Å². The lowest BCUT2D eigenvalue weighted by molar-refractivity contribution is 0.299. The van der Waals surface area contributed by atoms with Gasteiger partial charge in [-0.3, -0.25) is 4.98 Å². The maximum atomic E-state index is 6.78. The van der Waals surface area contributed by atoms with Gasteiger partial charge < -0.3 is 9.16 Å². The van der Waals surface area contributed by atoms with Crippen LogP contribution in [0.15, 0.2) is 48.5 Å². The van der Waals surface area contributed by atoms with Gasteiger partial charge in [-0.25, -0.2) is 0 Å². The lowest BCUT2D eigenvalue weighted by Gasteiger charge is -2.35. The maximum absolute atomic E-state index is 6.78. The van der Waals surface area contributed by atoms with E-state index >= 15 is 0 Å². The van der Waals surface area contributed by atoms with Crippen molar-refractivity contribution in [3.05, 3.63) is 76.5 Å². The third-order valence-corrected chi connectivity index (χ3v) is 12.6. The number of aromatic nitrogens is 1. The molecule has 0 fully saturated rings. The fourth-order valence-corrected chi connectivity index (χ4v) is 10.7. The highest BCUT2D eigenvalue weighted by Crippen LogP contribution is 2.40. The van der Waals surface area contributed by atoms with Crippen LogP contribution >= 0.6 is 0 Å². The van der Waals surface area contributed by atoms with Crippen LogP contribution in [0, 0.1) is 13.8 Å². The molecule has 2 heterocycles. The number of methoxy groups -OCH3 is 1. The second kappa shape index (κ2) is 9.44. The van der Waals surface area contributed by atoms with E-state index in [1.54, 1.807) is 7.11 Å². The molecule has 0 amide bonds. The van der Waals surface area contributed by atoms with Gasteiger partial charge in [-0.1, -0.05) is 58.0 Å². The van der Waals surface area contributed by atoms with Crippen molar-refractivity contribution in [1.29, 1.82) is 0 Å². The Labute approximate surface area is 200 Å². The Morgan fingerprint density at radius 2 is 1.58 bits per heavy atom. The summed E-state index contributed by atoms with van der Waals surface area (Å²) in [7, 11) is -0.394. The summed E-state index contributed by atoms with van der Waals surface area (Å²) in [6.45, 7) is 14.3. The molecule has 0 atom stereocenters. The SMILES string of the molecule is COc1c(C)cc(-c2cc3c(c(CCc4ccccc4)n2)[Si](C(C)C)(C(C)C)OC3)cc1C. The average molecular weight is 460 g/mol. The van der Waals surface area contributed by atoms with Gasteiger partial charge in [-0.05, 0) is 83.4 Å². The zero-order chi connectivity index (χ0) is 23.8. The summed E-state index contributed by atoms with van der Waals surface area (Å²) >= 11 is 0. The zero-order valence-electron chi connectivity index (χ0n) is 21.2. The highest BCUT2D eigenvalue weighted by atomic mass is 28.4. The van der Waals surface area contributed by atoms with E-state index in [-0.39, 0.29) is 0 Å². The molecule has 0 aliphatic carbocycles. The molecular formula is C29H37NO2Si. The van der Waals surface area contributed by atoms with Gasteiger partial charge in [0, 0.05) is 11.3 Å². The number of ether oxygens (including phenoxy) is 1. The molecule has 1 aliphatic heterocycles. The lowest BCUT2D eigenvalue weighted by Crippen LogP contribution is -2.54. The van der Waals surface area contributed by atoms with Crippen molar-refractivity contribution >= 4 is 13.5 Å². The molecule has 3 nitrogen and oxygen atoms in total. The summed E-state index contributed by atoms with van der Waals surface area (Å²) < 4.78 is 12.4. The quantitative estimate of drug-likeness (QED) is 0.370. The predicted octanol–water partition coefficient (Wildman–Crippen LogP) is 6.66. The van der Waals surface area contributed by atoms with Crippen LogP contribution in [-0.2, 0) is 23.9 Å². The van der Waals surface area contributed by atoms with E-state index < -0.39 is 8.32 Å². The predicted molar refractivity (Wildman–Crippen MR) is 140 cm³/mol. The van der Waals surface area contributed by atoms with Crippen LogP contribution < -0.4 is 9.92 Å². The molecule has 3 aromatic rings. The first-order valence-electron chi connectivity index (χ1n) is 12.1. The minimum Gasteiger partial charge on any atom is -0.496 e. The highest BCUT2D eigenvalue weighted by Gasteiger charge is 2.50. The molecule has 0 saturated carbocycles. The van der Waals surface area contributed by atoms with Crippen molar-refractivity contribution in [1.82, 2.24) is 4.98 Å². The lowest BCUT2D eigenvalue weighted by atomic mass is 10.0. The standard InChI is InChI=1S/C29H37NO2Si/c1-19(2)33(20(3)4)29-25(18-32-33)17-27(24-15-21(5)28(31-7)22(6)16-24)30-26(29)14-13-23-11-9-8-10-12-23/h8-12,15-17,19-20H,13-14,18H2,1-7H3. The van der Waals surface area contributed by atoms with Crippen LogP contribution in [0.2, 0.25) is 11.1 Å². The summed E-state index contributed by atoms with van der Waals surface area (Å²) in [4.78, 5) is 5.34. The number of pyridine rings is 1. The van der Waals surface area contributed by atoms with Crippen molar-refractivity contribution in [2.24, 2.45) is 0 Å². The molecule has 1 aromatic heterocycles. The second-order valence-electron chi connectivity index (χ2n) is 10.0. The van der Waals surface area contributed by atoms with Crippen LogP contribution in [-0.4, -0.2) is 20.4 Å². The minimum atomic E-state index is -2.13. The molecular weight excluding hydrogens is 422 g/mol. The van der Waals surface area contributed by atoms with E-state index in [1.807, 2.05) is 0 Å². The molecule has 4 rings (SSSR count). The fraction of sp³-hybridized carbons (Fsp3) is 0.414. The molecule has 0 N–H and O–H groups in total. The topological polar surface area (TPSA) is 31.4 Å². The Morgan fingerprint density at radius 3 is 2.15 bits per heavy atom. The van der Waals surface area contributed by atoms with E-state index in [0.717, 1.165) is 41.0 Å². The van der Waals surface area contributed by atoms with Gasteiger partial charge in [0.2, 0.25) is 8.32 Å². The van der Waals surface area contributed by atoms with Gasteiger partial charge in [0.1, 0.15) is 5.75 Å². The van der Waals surface area contributed by atoms with Crippen molar-refractivity contribution in [3.63, 3.8) is 0 Å². The van der Waals surface area contributed by atoms with E-state index in [4.69, 9.17) is 14.1 Å². The smallest absolute Gasteiger partial charge is 0.231 e. The second-order valence-corrected chi connectivity index (χ2v) is 14.7. The van der Waals surface area contributed by atoms with Crippen molar-refractivity contribution in [2.45, 2.75) is 72.1 Å². The molecule has 1 aliphatic rings. The van der Waals surface area contributed by atoms with Crippen LogP contribution in [0.5, 0.6) is 5.75 Å². The zero-order valence-corrected chi connectivity index (χ0v) is 22.2. The Balaban J connectivity index is 1.86. The summed E-state index contributed by atoms with van der Waals surface area (Å²) in [6, 6.07) is 17.5. The molecule has 0 bridgehead atoms. The van der Waals surface area contributed by atoms with Crippen molar-refractivity contribution < 1.29 is 9.16 Å². The Kier molecular flexibility index (Phi) is 6.78. The number of rotatable bonds is 7. The third-order valence-electron chi connectivity index (χ3n) is 7.20. The number of hydrogen-bond acceptors (Lipinski definition) is 3. The fourth-order valence-electron chi connectivity index (χ4n) is 5.75. The molecule has 0 unspecified atom stereocenters. The highest BCUT2D eigenvalue weighted by molar-refractivity contribution is 6.90. The Morgan fingerprint density at radius 1 is 0.939 bits per heavy atom. The molecule has 0 radical (unpaired) electrons. The number of nitrogens with zero attached hydrogens (tertiary/aromatic N) is 1. The molecule has 33 heavy (non-hydrogen) atoms. The van der Waals surface area contributed by atoms with E-state index in [0.29, 0.717) is 17.7 Å². The van der Waals surface area contributed by atoms with Crippen LogP contribution in [0.25, 0.3) is 11.3 Å². The number of hydrogen-bond donors (Lipinski definition) is 0. The summed E-state index contributed by atoms with van der Waals surface area (Å²) in [5.74, 6) is 0.957. The minimum absolute atomic E-state index is 0.507. The van der Waals surface area contributed by atoms with E-state index in [1.165, 1.54) is 22.0 Å². The van der Waals surface area contributed by atoms with Gasteiger partial charge in [0.15, 0.2) is 0 Å². The third kappa shape index (κ3) is 4.27. The van der Waals surface area contributed by atoms with E-state index in [9.17, 15) is 0 Å². The van der Waals surface area contributed by atoms with Gasteiger partial charge in [0.05, 0.1) is 19.4 Å². The Hall–Kier alpha value is -2.43. The largest absolute Gasteiger partial charge is 0.496 e. The molecule has 4 heteroatoms. The normalized spacial score (nSPS) is 14.7. The van der Waals surface area contributed by atoms with Crippen LogP contribution in [0.1, 0.15) is 55.6 Å². The van der Waals surface area contributed by atoms with E-state index in [2.05, 4.69) is 90.1 Å². The summed E-state index contributed by atoms with van der Waals surface area (Å²) in [5, 5.41) is 1.47. The van der Waals surface area contributed by atoms with Crippen LogP contribution in [0.3, 0.4) is 0 Å². The number of benzene rings is 2. The summed E-state index contributed by atoms with van der Waals surface area (Å²) in [6.07, 6.45) is 1.93. The first-order valence-corrected chi connectivity index (χ1v) is 14.2. The van der Waals surface area contributed by atoms with Crippen LogP contribution in [0.4, 0.5) is 0 Å². The van der Waals surface area contributed by atoms with Gasteiger partial charge in [0.25, 0.3) is 0 Å². The first-order chi connectivity index (χ1) is 15.8. The summed E-state index contributed by atoms with van der Waals surface area (Å²) in [5.41, 5.74) is 9.45. The van der Waals surface area contributed by atoms with Crippen molar-refractivity contribution in [2.75, 3.05) is 7.11 Å². The molecule has 2 aromatic carbocycles. The average Bonchev–Trinajstić information content (AvgIpc) is 3.19.